The molecule has 1 saturated heterocycles. The maximum atomic E-state index is 12.4. The molecule has 1 aromatic rings. The van der Waals surface area contributed by atoms with E-state index in [1.165, 1.54) is 0 Å². The summed E-state index contributed by atoms with van der Waals surface area (Å²) in [5, 5.41) is 0. The van der Waals surface area contributed by atoms with Crippen LogP contribution in [0, 0.1) is 0 Å². The molecule has 1 aliphatic rings. The monoisotopic (exact) mass is 301 g/mol. The lowest BCUT2D eigenvalue weighted by Gasteiger charge is -2.54. The van der Waals surface area contributed by atoms with Gasteiger partial charge in [-0.05, 0) is 65.3 Å². The topological polar surface area (TPSA) is 29.5 Å². The number of esters is 1. The van der Waals surface area contributed by atoms with Gasteiger partial charge in [0.25, 0.3) is 0 Å². The second-order valence-electron chi connectivity index (χ2n) is 7.28. The van der Waals surface area contributed by atoms with E-state index in [2.05, 4.69) is 46.2 Å². The van der Waals surface area contributed by atoms with Gasteiger partial charge in [0.2, 0.25) is 0 Å². The van der Waals surface area contributed by atoms with E-state index < -0.39 is 0 Å². The summed E-state index contributed by atoms with van der Waals surface area (Å²) in [4.78, 5) is 14.7. The number of benzene rings is 1. The minimum absolute atomic E-state index is 0.0999. The van der Waals surface area contributed by atoms with Crippen LogP contribution in [0.1, 0.15) is 56.5 Å². The molecule has 1 heterocycles. The van der Waals surface area contributed by atoms with Crippen LogP contribution in [-0.2, 0) is 4.74 Å². The molecule has 1 atom stereocenters. The van der Waals surface area contributed by atoms with Crippen molar-refractivity contribution < 1.29 is 9.53 Å². The van der Waals surface area contributed by atoms with E-state index >= 15 is 0 Å². The zero-order valence-electron chi connectivity index (χ0n) is 14.3. The number of piperidine rings is 1. The molecule has 0 saturated carbocycles. The van der Waals surface area contributed by atoms with Gasteiger partial charge in [-0.2, -0.15) is 0 Å². The Labute approximate surface area is 134 Å². The van der Waals surface area contributed by atoms with Gasteiger partial charge < -0.3 is 4.74 Å². The van der Waals surface area contributed by atoms with E-state index in [0.717, 1.165) is 18.4 Å². The second-order valence-corrected chi connectivity index (χ2v) is 7.28. The molecule has 0 aliphatic carbocycles. The van der Waals surface area contributed by atoms with Crippen LogP contribution in [0.5, 0.6) is 0 Å². The Balaban J connectivity index is 2.12. The lowest BCUT2D eigenvalue weighted by atomic mass is 9.78. The van der Waals surface area contributed by atoms with Crippen molar-refractivity contribution in [3.05, 3.63) is 42.0 Å². The van der Waals surface area contributed by atoms with Crippen LogP contribution >= 0.6 is 0 Å². The van der Waals surface area contributed by atoms with Crippen molar-refractivity contribution in [2.75, 3.05) is 7.05 Å². The third kappa shape index (κ3) is 3.09. The molecule has 1 aliphatic heterocycles. The van der Waals surface area contributed by atoms with Crippen LogP contribution in [-0.4, -0.2) is 35.1 Å². The minimum Gasteiger partial charge on any atom is -0.457 e. The molecule has 0 bridgehead atoms. The molecule has 1 unspecified atom stereocenters. The molecule has 0 spiro atoms. The number of likely N-dealkylation sites (tertiary alicyclic amines) is 1. The summed E-state index contributed by atoms with van der Waals surface area (Å²) in [5.74, 6) is -0.248. The van der Waals surface area contributed by atoms with Gasteiger partial charge in [-0.3, -0.25) is 4.90 Å². The van der Waals surface area contributed by atoms with Crippen molar-refractivity contribution in [1.29, 1.82) is 0 Å². The molecular weight excluding hydrogens is 274 g/mol. The number of ether oxygens (including phenoxy) is 1. The summed E-state index contributed by atoms with van der Waals surface area (Å²) in [6, 6.07) is 7.35. The average Bonchev–Trinajstić information content (AvgIpc) is 2.49. The first kappa shape index (κ1) is 16.8. The van der Waals surface area contributed by atoms with Crippen molar-refractivity contribution in [2.45, 2.75) is 57.7 Å². The molecule has 0 amide bonds. The molecular formula is C19H27NO2. The third-order valence-corrected chi connectivity index (χ3v) is 5.21. The highest BCUT2D eigenvalue weighted by atomic mass is 16.5. The van der Waals surface area contributed by atoms with E-state index in [-0.39, 0.29) is 23.2 Å². The van der Waals surface area contributed by atoms with Gasteiger partial charge in [0.15, 0.2) is 0 Å². The normalized spacial score (nSPS) is 23.8. The quantitative estimate of drug-likeness (QED) is 0.786. The second kappa shape index (κ2) is 5.88. The van der Waals surface area contributed by atoms with E-state index in [0.29, 0.717) is 5.56 Å². The van der Waals surface area contributed by atoms with E-state index in [1.54, 1.807) is 18.2 Å². The maximum absolute atomic E-state index is 12.4. The number of hydrogen-bond acceptors (Lipinski definition) is 3. The predicted octanol–water partition coefficient (Wildman–Crippen LogP) is 4.14. The summed E-state index contributed by atoms with van der Waals surface area (Å²) < 4.78 is 5.82. The first-order chi connectivity index (χ1) is 10.2. The fourth-order valence-corrected chi connectivity index (χ4v) is 3.16. The Hall–Kier alpha value is -1.61. The largest absolute Gasteiger partial charge is 0.457 e. The van der Waals surface area contributed by atoms with E-state index in [1.807, 2.05) is 12.1 Å². The Morgan fingerprint density at radius 2 is 1.86 bits per heavy atom. The van der Waals surface area contributed by atoms with E-state index in [9.17, 15) is 4.79 Å². The van der Waals surface area contributed by atoms with Crippen LogP contribution in [0.3, 0.4) is 0 Å². The van der Waals surface area contributed by atoms with Crippen LogP contribution < -0.4 is 0 Å². The van der Waals surface area contributed by atoms with Gasteiger partial charge in [-0.1, -0.05) is 24.8 Å². The number of carbonyl (C=O) groups is 1. The molecule has 3 nitrogen and oxygen atoms in total. The molecule has 0 radical (unpaired) electrons. The number of rotatable bonds is 3. The maximum Gasteiger partial charge on any atom is 0.338 e. The van der Waals surface area contributed by atoms with Crippen molar-refractivity contribution in [2.24, 2.45) is 0 Å². The van der Waals surface area contributed by atoms with Crippen LogP contribution in [0.25, 0.3) is 6.08 Å². The summed E-state index contributed by atoms with van der Waals surface area (Å²) in [7, 11) is 2.11. The highest BCUT2D eigenvalue weighted by molar-refractivity contribution is 5.89. The highest BCUT2D eigenvalue weighted by Gasteiger charge is 2.46. The van der Waals surface area contributed by atoms with Gasteiger partial charge in [0.05, 0.1) is 11.1 Å². The number of carbonyl (C=O) groups excluding carboxylic acids is 1. The zero-order chi connectivity index (χ0) is 16.5. The standard InChI is InChI=1S/C19H27NO2/c1-7-14-8-10-15(11-9-14)17(21)22-16-12-13-18(2,3)20(6)19(16,4)5/h7-11,16H,1,12-13H2,2-6H3. The Morgan fingerprint density at radius 3 is 2.41 bits per heavy atom. The molecule has 0 aromatic heterocycles. The Kier molecular flexibility index (Phi) is 4.48. The van der Waals surface area contributed by atoms with Gasteiger partial charge >= 0.3 is 5.97 Å². The number of nitrogens with zero attached hydrogens (tertiary/aromatic N) is 1. The summed E-state index contributed by atoms with van der Waals surface area (Å²) >= 11 is 0. The molecule has 3 heteroatoms. The van der Waals surface area contributed by atoms with Crippen molar-refractivity contribution >= 4 is 12.0 Å². The molecule has 2 rings (SSSR count). The van der Waals surface area contributed by atoms with Gasteiger partial charge in [-0.15, -0.1) is 0 Å². The third-order valence-electron chi connectivity index (χ3n) is 5.21. The minimum atomic E-state index is -0.248. The average molecular weight is 301 g/mol. The molecule has 1 fully saturated rings. The smallest absolute Gasteiger partial charge is 0.338 e. The van der Waals surface area contributed by atoms with Gasteiger partial charge in [0, 0.05) is 5.54 Å². The lowest BCUT2D eigenvalue weighted by molar-refractivity contribution is -0.0975. The molecule has 120 valence electrons. The first-order valence-electron chi connectivity index (χ1n) is 7.86. The van der Waals surface area contributed by atoms with Crippen LogP contribution in [0.15, 0.2) is 30.8 Å². The molecule has 0 N–H and O–H groups in total. The Morgan fingerprint density at radius 1 is 1.27 bits per heavy atom. The number of hydrogen-bond donors (Lipinski definition) is 0. The number of likely N-dealkylation sites (N-methyl/N-ethyl adjacent to an activating group) is 1. The van der Waals surface area contributed by atoms with E-state index in [4.69, 9.17) is 4.74 Å². The Bertz CT molecular complexity index is 557. The van der Waals surface area contributed by atoms with Gasteiger partial charge in [0.1, 0.15) is 6.10 Å². The summed E-state index contributed by atoms with van der Waals surface area (Å²) in [6.45, 7) is 12.5. The van der Waals surface area contributed by atoms with Crippen molar-refractivity contribution in [1.82, 2.24) is 4.90 Å². The summed E-state index contributed by atoms with van der Waals surface area (Å²) in [6.07, 6.45) is 3.56. The van der Waals surface area contributed by atoms with Crippen LogP contribution in [0.4, 0.5) is 0 Å². The van der Waals surface area contributed by atoms with Crippen LogP contribution in [0.2, 0.25) is 0 Å². The molecule has 1 aromatic carbocycles. The SMILES string of the molecule is C=Cc1ccc(C(=O)OC2CCC(C)(C)N(C)C2(C)C)cc1. The fourth-order valence-electron chi connectivity index (χ4n) is 3.16. The zero-order valence-corrected chi connectivity index (χ0v) is 14.3. The first-order valence-corrected chi connectivity index (χ1v) is 7.86. The fraction of sp³-hybridized carbons (Fsp3) is 0.526. The molecule has 22 heavy (non-hydrogen) atoms. The summed E-state index contributed by atoms with van der Waals surface area (Å²) in [5.41, 5.74) is 1.53. The van der Waals surface area contributed by atoms with Gasteiger partial charge in [-0.25, -0.2) is 4.79 Å². The predicted molar refractivity (Wildman–Crippen MR) is 90.9 cm³/mol. The van der Waals surface area contributed by atoms with Crippen molar-refractivity contribution in [3.63, 3.8) is 0 Å². The van der Waals surface area contributed by atoms with Crippen molar-refractivity contribution in [3.8, 4) is 0 Å². The lowest BCUT2D eigenvalue weighted by Crippen LogP contribution is -2.63. The highest BCUT2D eigenvalue weighted by Crippen LogP contribution is 2.38.